The number of rotatable bonds is 5. The molecule has 0 aliphatic heterocycles. The molecule has 5 aliphatic carbocycles. The first-order valence-electron chi connectivity index (χ1n) is 11.9. The summed E-state index contributed by atoms with van der Waals surface area (Å²) in [5.74, 6) is 4.06. The highest BCUT2D eigenvalue weighted by Gasteiger charge is 2.68. The topological polar surface area (TPSA) is 0 Å². The fraction of sp³-hybridized carbons (Fsp3) is 0.769. The molecule has 0 heterocycles. The molecule has 0 amide bonds. The van der Waals surface area contributed by atoms with Crippen LogP contribution in [0.3, 0.4) is 0 Å². The van der Waals surface area contributed by atoms with Crippen molar-refractivity contribution in [3.8, 4) is 0 Å². The number of hydrogen-bond acceptors (Lipinski definition) is 0. The molecule has 1 heteroatoms. The van der Waals surface area contributed by atoms with Crippen molar-refractivity contribution in [3.63, 3.8) is 0 Å². The summed E-state index contributed by atoms with van der Waals surface area (Å²) >= 11 is 2.42. The van der Waals surface area contributed by atoms with Gasteiger partial charge in [0, 0.05) is 3.57 Å². The minimum Gasteiger partial charge on any atom is -0.0654 e. The second-order valence-electron chi connectivity index (χ2n) is 10.9. The van der Waals surface area contributed by atoms with Crippen LogP contribution in [0.25, 0.3) is 0 Å². The maximum Gasteiger partial charge on any atom is 0.0130 e. The minimum absolute atomic E-state index is 0.838. The van der Waals surface area contributed by atoms with Crippen LogP contribution in [-0.4, -0.2) is 0 Å². The van der Waals surface area contributed by atoms with Gasteiger partial charge in [-0.1, -0.05) is 25.5 Å². The molecule has 0 saturated heterocycles. The van der Waals surface area contributed by atoms with Crippen LogP contribution in [0, 0.1) is 32.2 Å². The van der Waals surface area contributed by atoms with Crippen LogP contribution in [0.1, 0.15) is 102 Å². The van der Waals surface area contributed by atoms with Crippen LogP contribution in [0.2, 0.25) is 0 Å². The molecular weight excluding hydrogens is 439 g/mol. The predicted octanol–water partition coefficient (Wildman–Crippen LogP) is 8.34. The Hall–Kier alpha value is -0.0500. The summed E-state index contributed by atoms with van der Waals surface area (Å²) in [7, 11) is 0. The van der Waals surface area contributed by atoms with Crippen molar-refractivity contribution in [1.29, 1.82) is 0 Å². The molecule has 0 atom stereocenters. The molecular formula is C26H37I. The molecule has 27 heavy (non-hydrogen) atoms. The zero-order chi connectivity index (χ0) is 18.5. The Kier molecular flexibility index (Phi) is 5.14. The van der Waals surface area contributed by atoms with E-state index in [9.17, 15) is 0 Å². The van der Waals surface area contributed by atoms with Gasteiger partial charge in [0.1, 0.15) is 0 Å². The average Bonchev–Trinajstić information content (AvgIpc) is 2.65. The minimum atomic E-state index is 0.838. The van der Waals surface area contributed by atoms with Crippen molar-refractivity contribution in [3.05, 3.63) is 33.4 Å². The van der Waals surface area contributed by atoms with Crippen molar-refractivity contribution >= 4 is 22.6 Å². The molecule has 0 nitrogen and oxygen atoms in total. The van der Waals surface area contributed by atoms with E-state index in [1.165, 1.54) is 42.1 Å². The summed E-state index contributed by atoms with van der Waals surface area (Å²) in [5.41, 5.74) is 3.30. The maximum atomic E-state index is 2.42. The van der Waals surface area contributed by atoms with Gasteiger partial charge < -0.3 is 0 Å². The molecule has 0 N–H and O–H groups in total. The SMILES string of the molecule is CCCC12CC(C3CCC(C4CCC(c5ccc(I)cc5)CC4)CC3)(C1)C2. The maximum absolute atomic E-state index is 2.42. The Morgan fingerprint density at radius 3 is 1.93 bits per heavy atom. The second kappa shape index (κ2) is 7.33. The lowest BCUT2D eigenvalue weighted by Gasteiger charge is -2.75. The summed E-state index contributed by atoms with van der Waals surface area (Å²) in [6.45, 7) is 2.38. The quantitative estimate of drug-likeness (QED) is 0.375. The Bertz CT molecular complexity index is 624. The smallest absolute Gasteiger partial charge is 0.0130 e. The van der Waals surface area contributed by atoms with Crippen molar-refractivity contribution in [1.82, 2.24) is 0 Å². The molecule has 0 unspecified atom stereocenters. The van der Waals surface area contributed by atoms with Crippen LogP contribution in [0.15, 0.2) is 24.3 Å². The number of halogens is 1. The van der Waals surface area contributed by atoms with Gasteiger partial charge in [0.05, 0.1) is 0 Å². The van der Waals surface area contributed by atoms with Gasteiger partial charge in [-0.15, -0.1) is 0 Å². The largest absolute Gasteiger partial charge is 0.0654 e. The van der Waals surface area contributed by atoms with E-state index in [1.54, 1.807) is 50.5 Å². The molecule has 6 rings (SSSR count). The highest BCUT2D eigenvalue weighted by Crippen LogP contribution is 2.79. The molecule has 148 valence electrons. The molecule has 5 fully saturated rings. The highest BCUT2D eigenvalue weighted by atomic mass is 127. The first kappa shape index (κ1) is 18.9. The molecule has 1 aromatic carbocycles. The lowest BCUT2D eigenvalue weighted by atomic mass is 9.30. The van der Waals surface area contributed by atoms with Gasteiger partial charge in [-0.2, -0.15) is 0 Å². The first-order valence-corrected chi connectivity index (χ1v) is 12.9. The molecule has 0 aromatic heterocycles. The van der Waals surface area contributed by atoms with Crippen LogP contribution in [-0.2, 0) is 0 Å². The average molecular weight is 476 g/mol. The van der Waals surface area contributed by atoms with E-state index >= 15 is 0 Å². The predicted molar refractivity (Wildman–Crippen MR) is 123 cm³/mol. The summed E-state index contributed by atoms with van der Waals surface area (Å²) in [4.78, 5) is 0. The van der Waals surface area contributed by atoms with Crippen LogP contribution < -0.4 is 0 Å². The van der Waals surface area contributed by atoms with Crippen LogP contribution >= 0.6 is 22.6 Å². The molecule has 0 spiro atoms. The van der Waals surface area contributed by atoms with Crippen molar-refractivity contribution in [2.75, 3.05) is 0 Å². The third kappa shape index (κ3) is 3.42. The molecule has 5 aliphatic rings. The standard InChI is InChI=1S/C26H37I/c1-2-15-25-16-26(17-25,18-25)23-11-7-21(8-12-23)19-3-5-20(6-4-19)22-9-13-24(27)14-10-22/h9-10,13-14,19-21,23H,2-8,11-12,15-18H2,1H3. The molecule has 2 bridgehead atoms. The van der Waals surface area contributed by atoms with E-state index in [0.29, 0.717) is 0 Å². The van der Waals surface area contributed by atoms with E-state index in [1.807, 2.05) is 0 Å². The normalized spacial score (nSPS) is 43.6. The van der Waals surface area contributed by atoms with Crippen LogP contribution in [0.5, 0.6) is 0 Å². The molecule has 0 radical (unpaired) electrons. The van der Waals surface area contributed by atoms with Gasteiger partial charge >= 0.3 is 0 Å². The molecule has 5 saturated carbocycles. The van der Waals surface area contributed by atoms with Crippen molar-refractivity contribution < 1.29 is 0 Å². The van der Waals surface area contributed by atoms with Gasteiger partial charge in [-0.25, -0.2) is 0 Å². The summed E-state index contributed by atoms with van der Waals surface area (Å²) in [6.07, 6.45) is 19.9. The monoisotopic (exact) mass is 476 g/mol. The van der Waals surface area contributed by atoms with Gasteiger partial charge in [0.2, 0.25) is 0 Å². The van der Waals surface area contributed by atoms with E-state index in [2.05, 4.69) is 53.8 Å². The third-order valence-corrected chi connectivity index (χ3v) is 10.1. The highest BCUT2D eigenvalue weighted by molar-refractivity contribution is 14.1. The second-order valence-corrected chi connectivity index (χ2v) is 12.2. The van der Waals surface area contributed by atoms with Crippen LogP contribution in [0.4, 0.5) is 0 Å². The van der Waals surface area contributed by atoms with Gasteiger partial charge in [-0.05, 0) is 152 Å². The number of benzene rings is 1. The Morgan fingerprint density at radius 1 is 0.815 bits per heavy atom. The Morgan fingerprint density at radius 2 is 1.37 bits per heavy atom. The zero-order valence-electron chi connectivity index (χ0n) is 17.2. The Balaban J connectivity index is 1.09. The van der Waals surface area contributed by atoms with Crippen molar-refractivity contribution in [2.45, 2.75) is 96.3 Å². The van der Waals surface area contributed by atoms with E-state index in [0.717, 1.165) is 34.5 Å². The summed E-state index contributed by atoms with van der Waals surface area (Å²) in [5, 5.41) is 0. The Labute approximate surface area is 180 Å². The van der Waals surface area contributed by atoms with E-state index < -0.39 is 0 Å². The lowest BCUT2D eigenvalue weighted by molar-refractivity contribution is -0.246. The summed E-state index contributed by atoms with van der Waals surface area (Å²) < 4.78 is 1.37. The summed E-state index contributed by atoms with van der Waals surface area (Å²) in [6, 6.07) is 9.34. The number of hydrogen-bond donors (Lipinski definition) is 0. The van der Waals surface area contributed by atoms with E-state index in [4.69, 9.17) is 0 Å². The fourth-order valence-electron chi connectivity index (χ4n) is 8.18. The van der Waals surface area contributed by atoms with Gasteiger partial charge in [0.15, 0.2) is 0 Å². The fourth-order valence-corrected chi connectivity index (χ4v) is 8.54. The molecule has 1 aromatic rings. The lowest BCUT2D eigenvalue weighted by Crippen LogP contribution is -2.65. The van der Waals surface area contributed by atoms with E-state index in [-0.39, 0.29) is 0 Å². The zero-order valence-corrected chi connectivity index (χ0v) is 19.3. The van der Waals surface area contributed by atoms with Crippen molar-refractivity contribution in [2.24, 2.45) is 28.6 Å². The third-order valence-electron chi connectivity index (χ3n) is 9.38. The van der Waals surface area contributed by atoms with Gasteiger partial charge in [-0.3, -0.25) is 0 Å². The van der Waals surface area contributed by atoms with Gasteiger partial charge in [0.25, 0.3) is 0 Å². The first-order chi connectivity index (χ1) is 13.1.